The first-order chi connectivity index (χ1) is 8.07. The average Bonchev–Trinajstić information content (AvgIpc) is 2.63. The molecule has 1 aromatic heterocycles. The molecule has 1 aliphatic rings. The number of likely N-dealkylation sites (N-methyl/N-ethyl adjacent to an activating group) is 1. The van der Waals surface area contributed by atoms with Crippen molar-refractivity contribution >= 4 is 0 Å². The second kappa shape index (κ2) is 5.19. The van der Waals surface area contributed by atoms with Gasteiger partial charge >= 0.3 is 0 Å². The Morgan fingerprint density at radius 3 is 2.71 bits per heavy atom. The van der Waals surface area contributed by atoms with Crippen molar-refractivity contribution in [2.75, 3.05) is 13.6 Å². The largest absolute Gasteiger partial charge is 0.324 e. The maximum absolute atomic E-state index is 6.46. The number of aryl methyl sites for hydroxylation is 1. The molecule has 0 aliphatic heterocycles. The molecule has 1 heterocycles. The standard InChI is InChI=1S/C13H24N4/c1-16(9-12-8-15-17(2)10-12)11-13(14)6-4-3-5-7-13/h8,10H,3-7,9,11,14H2,1-2H3. The van der Waals surface area contributed by atoms with E-state index in [1.54, 1.807) is 0 Å². The number of hydrogen-bond acceptors (Lipinski definition) is 3. The molecular weight excluding hydrogens is 212 g/mol. The van der Waals surface area contributed by atoms with Crippen LogP contribution in [-0.2, 0) is 13.6 Å². The number of aromatic nitrogens is 2. The number of hydrogen-bond donors (Lipinski definition) is 1. The molecule has 17 heavy (non-hydrogen) atoms. The summed E-state index contributed by atoms with van der Waals surface area (Å²) < 4.78 is 1.85. The predicted molar refractivity (Wildman–Crippen MR) is 69.5 cm³/mol. The fraction of sp³-hybridized carbons (Fsp3) is 0.769. The van der Waals surface area contributed by atoms with Crippen LogP contribution < -0.4 is 5.73 Å². The zero-order valence-electron chi connectivity index (χ0n) is 11.0. The van der Waals surface area contributed by atoms with Gasteiger partial charge in [0.1, 0.15) is 0 Å². The van der Waals surface area contributed by atoms with Crippen LogP contribution >= 0.6 is 0 Å². The van der Waals surface area contributed by atoms with Gasteiger partial charge in [-0.15, -0.1) is 0 Å². The highest BCUT2D eigenvalue weighted by atomic mass is 15.2. The van der Waals surface area contributed by atoms with E-state index in [4.69, 9.17) is 5.73 Å². The van der Waals surface area contributed by atoms with Gasteiger partial charge in [0.15, 0.2) is 0 Å². The van der Waals surface area contributed by atoms with Crippen molar-refractivity contribution in [1.82, 2.24) is 14.7 Å². The maximum atomic E-state index is 6.46. The molecule has 0 radical (unpaired) electrons. The van der Waals surface area contributed by atoms with Gasteiger partial charge in [0, 0.05) is 37.4 Å². The molecule has 0 spiro atoms. The second-order valence-corrected chi connectivity index (χ2v) is 5.62. The first kappa shape index (κ1) is 12.6. The quantitative estimate of drug-likeness (QED) is 0.862. The molecule has 1 fully saturated rings. The van der Waals surface area contributed by atoms with Crippen LogP contribution in [-0.4, -0.2) is 33.8 Å². The van der Waals surface area contributed by atoms with Crippen molar-refractivity contribution in [2.45, 2.75) is 44.2 Å². The fourth-order valence-electron chi connectivity index (χ4n) is 2.87. The summed E-state index contributed by atoms with van der Waals surface area (Å²) >= 11 is 0. The highest BCUT2D eigenvalue weighted by molar-refractivity contribution is 5.03. The molecule has 2 rings (SSSR count). The van der Waals surface area contributed by atoms with Crippen LogP contribution in [0.4, 0.5) is 0 Å². The van der Waals surface area contributed by atoms with Crippen molar-refractivity contribution in [3.63, 3.8) is 0 Å². The Hall–Kier alpha value is -0.870. The highest BCUT2D eigenvalue weighted by Gasteiger charge is 2.28. The van der Waals surface area contributed by atoms with Gasteiger partial charge in [-0.3, -0.25) is 4.68 Å². The Labute approximate surface area is 104 Å². The van der Waals surface area contributed by atoms with Crippen LogP contribution in [0.5, 0.6) is 0 Å². The topological polar surface area (TPSA) is 47.1 Å². The Bertz CT molecular complexity index is 352. The van der Waals surface area contributed by atoms with E-state index in [-0.39, 0.29) is 5.54 Å². The molecule has 1 aromatic rings. The normalized spacial score (nSPS) is 19.8. The average molecular weight is 236 g/mol. The molecule has 0 aromatic carbocycles. The van der Waals surface area contributed by atoms with Crippen LogP contribution in [0.3, 0.4) is 0 Å². The molecule has 2 N–H and O–H groups in total. The van der Waals surface area contributed by atoms with Crippen LogP contribution in [0.15, 0.2) is 12.4 Å². The second-order valence-electron chi connectivity index (χ2n) is 5.62. The first-order valence-electron chi connectivity index (χ1n) is 6.52. The third-order valence-electron chi connectivity index (χ3n) is 3.64. The van der Waals surface area contributed by atoms with Crippen LogP contribution in [0.1, 0.15) is 37.7 Å². The molecule has 0 atom stereocenters. The van der Waals surface area contributed by atoms with E-state index in [1.807, 2.05) is 17.9 Å². The Kier molecular flexibility index (Phi) is 3.84. The summed E-state index contributed by atoms with van der Waals surface area (Å²) in [4.78, 5) is 2.32. The molecule has 1 saturated carbocycles. The smallest absolute Gasteiger partial charge is 0.0534 e. The summed E-state index contributed by atoms with van der Waals surface area (Å²) in [7, 11) is 4.10. The lowest BCUT2D eigenvalue weighted by Gasteiger charge is -2.36. The van der Waals surface area contributed by atoms with Gasteiger partial charge in [-0.1, -0.05) is 19.3 Å². The molecule has 0 saturated heterocycles. The molecule has 0 amide bonds. The van der Waals surface area contributed by atoms with Crippen molar-refractivity contribution in [3.8, 4) is 0 Å². The Morgan fingerprint density at radius 2 is 2.12 bits per heavy atom. The SMILES string of the molecule is CN(Cc1cnn(C)c1)CC1(N)CCCCC1. The highest BCUT2D eigenvalue weighted by Crippen LogP contribution is 2.26. The number of rotatable bonds is 4. The number of nitrogens with two attached hydrogens (primary N) is 1. The lowest BCUT2D eigenvalue weighted by atomic mass is 9.82. The van der Waals surface area contributed by atoms with E-state index >= 15 is 0 Å². The molecule has 0 unspecified atom stereocenters. The number of nitrogens with zero attached hydrogens (tertiary/aromatic N) is 3. The summed E-state index contributed by atoms with van der Waals surface area (Å²) in [6.07, 6.45) is 10.3. The Balaban J connectivity index is 1.85. The van der Waals surface area contributed by atoms with E-state index in [0.29, 0.717) is 0 Å². The fourth-order valence-corrected chi connectivity index (χ4v) is 2.87. The van der Waals surface area contributed by atoms with Gasteiger partial charge in [-0.05, 0) is 19.9 Å². The minimum Gasteiger partial charge on any atom is -0.324 e. The monoisotopic (exact) mass is 236 g/mol. The minimum absolute atomic E-state index is 0.0369. The van der Waals surface area contributed by atoms with Crippen molar-refractivity contribution in [2.24, 2.45) is 12.8 Å². The van der Waals surface area contributed by atoms with Gasteiger partial charge in [0.05, 0.1) is 6.20 Å². The van der Waals surface area contributed by atoms with Crippen molar-refractivity contribution in [1.29, 1.82) is 0 Å². The summed E-state index contributed by atoms with van der Waals surface area (Å²) in [5.74, 6) is 0. The molecule has 4 nitrogen and oxygen atoms in total. The van der Waals surface area contributed by atoms with Crippen LogP contribution in [0, 0.1) is 0 Å². The van der Waals surface area contributed by atoms with Crippen molar-refractivity contribution < 1.29 is 0 Å². The molecule has 0 bridgehead atoms. The van der Waals surface area contributed by atoms with Gasteiger partial charge in [0.25, 0.3) is 0 Å². The van der Waals surface area contributed by atoms with E-state index < -0.39 is 0 Å². The summed E-state index contributed by atoms with van der Waals surface area (Å²) in [6, 6.07) is 0. The Morgan fingerprint density at radius 1 is 1.41 bits per heavy atom. The van der Waals surface area contributed by atoms with Crippen LogP contribution in [0.2, 0.25) is 0 Å². The summed E-state index contributed by atoms with van der Waals surface area (Å²) in [5.41, 5.74) is 7.75. The van der Waals surface area contributed by atoms with Crippen LogP contribution in [0.25, 0.3) is 0 Å². The summed E-state index contributed by atoms with van der Waals surface area (Å²) in [5, 5.41) is 4.19. The molecule has 4 heteroatoms. The zero-order chi connectivity index (χ0) is 12.3. The lowest BCUT2D eigenvalue weighted by Crippen LogP contribution is -2.50. The predicted octanol–water partition coefficient (Wildman–Crippen LogP) is 1.51. The van der Waals surface area contributed by atoms with Gasteiger partial charge in [0.2, 0.25) is 0 Å². The molecule has 1 aliphatic carbocycles. The lowest BCUT2D eigenvalue weighted by molar-refractivity contribution is 0.193. The minimum atomic E-state index is 0.0369. The summed E-state index contributed by atoms with van der Waals surface area (Å²) in [6.45, 7) is 1.93. The first-order valence-corrected chi connectivity index (χ1v) is 6.52. The maximum Gasteiger partial charge on any atom is 0.0534 e. The zero-order valence-corrected chi connectivity index (χ0v) is 11.0. The third kappa shape index (κ3) is 3.54. The van der Waals surface area contributed by atoms with E-state index in [1.165, 1.54) is 37.7 Å². The van der Waals surface area contributed by atoms with Gasteiger partial charge in [-0.2, -0.15) is 5.10 Å². The van der Waals surface area contributed by atoms with Gasteiger partial charge < -0.3 is 10.6 Å². The van der Waals surface area contributed by atoms with E-state index in [9.17, 15) is 0 Å². The van der Waals surface area contributed by atoms with E-state index in [2.05, 4.69) is 23.2 Å². The molecule has 96 valence electrons. The van der Waals surface area contributed by atoms with E-state index in [0.717, 1.165) is 13.1 Å². The van der Waals surface area contributed by atoms with Gasteiger partial charge in [-0.25, -0.2) is 0 Å². The molecular formula is C13H24N4. The third-order valence-corrected chi connectivity index (χ3v) is 3.64. The van der Waals surface area contributed by atoms with Crippen molar-refractivity contribution in [3.05, 3.63) is 18.0 Å².